The lowest BCUT2D eigenvalue weighted by Crippen LogP contribution is -2.23. The smallest absolute Gasteiger partial charge is 0.0835 e. The highest BCUT2D eigenvalue weighted by molar-refractivity contribution is 5.21. The molecule has 76 valence electrons. The number of nitrogens with zero attached hydrogens (tertiary/aromatic N) is 1. The summed E-state index contributed by atoms with van der Waals surface area (Å²) >= 11 is 0. The van der Waals surface area contributed by atoms with Crippen LogP contribution in [0.3, 0.4) is 0 Å². The number of hydrogen-bond acceptors (Lipinski definition) is 2. The Morgan fingerprint density at radius 3 is 3.07 bits per heavy atom. The Kier molecular flexibility index (Phi) is 4.88. The predicted molar refractivity (Wildman–Crippen MR) is 60.5 cm³/mol. The number of hydrogen-bond donors (Lipinski definition) is 1. The second-order valence-corrected chi connectivity index (χ2v) is 3.59. The van der Waals surface area contributed by atoms with Crippen molar-refractivity contribution in [3.8, 4) is 11.8 Å². The number of nitrogens with one attached hydrogen (secondary N) is 1. The van der Waals surface area contributed by atoms with Crippen molar-refractivity contribution in [2.45, 2.75) is 26.3 Å². The number of allylic oxidation sites excluding steroid dienone is 1. The molecule has 2 nitrogen and oxygen atoms in total. The summed E-state index contributed by atoms with van der Waals surface area (Å²) in [6.07, 6.45) is 9.21. The van der Waals surface area contributed by atoms with Gasteiger partial charge in [-0.25, -0.2) is 0 Å². The van der Waals surface area contributed by atoms with Crippen molar-refractivity contribution in [3.63, 3.8) is 0 Å². The van der Waals surface area contributed by atoms with Gasteiger partial charge in [0.05, 0.1) is 6.54 Å². The van der Waals surface area contributed by atoms with Crippen LogP contribution in [0.15, 0.2) is 24.6 Å². The Balaban J connectivity index is 2.10. The first-order chi connectivity index (χ1) is 6.79. The van der Waals surface area contributed by atoms with Gasteiger partial charge in [-0.2, -0.15) is 0 Å². The van der Waals surface area contributed by atoms with E-state index >= 15 is 0 Å². The molecule has 0 aliphatic carbocycles. The maximum Gasteiger partial charge on any atom is 0.0835 e. The van der Waals surface area contributed by atoms with Crippen LogP contribution >= 0.6 is 0 Å². The molecule has 1 aliphatic heterocycles. The number of rotatable bonds is 5. The Labute approximate surface area is 86.7 Å². The molecule has 0 bridgehead atoms. The minimum Gasteiger partial charge on any atom is -0.342 e. The molecule has 1 heterocycles. The van der Waals surface area contributed by atoms with E-state index in [2.05, 4.69) is 48.2 Å². The molecule has 2 heteroatoms. The molecule has 1 rings (SSSR count). The van der Waals surface area contributed by atoms with Crippen molar-refractivity contribution in [1.29, 1.82) is 0 Å². The van der Waals surface area contributed by atoms with Gasteiger partial charge < -0.3 is 10.2 Å². The summed E-state index contributed by atoms with van der Waals surface area (Å²) in [7, 11) is 0. The van der Waals surface area contributed by atoms with E-state index in [9.17, 15) is 0 Å². The Bertz CT molecular complexity index is 266. The summed E-state index contributed by atoms with van der Waals surface area (Å²) in [4.78, 5) is 2.09. The Morgan fingerprint density at radius 2 is 2.43 bits per heavy atom. The monoisotopic (exact) mass is 190 g/mol. The fourth-order valence-electron chi connectivity index (χ4n) is 1.15. The molecule has 0 amide bonds. The summed E-state index contributed by atoms with van der Waals surface area (Å²) in [6, 6.07) is 0.573. The average Bonchev–Trinajstić information content (AvgIpc) is 2.18. The van der Waals surface area contributed by atoms with Crippen molar-refractivity contribution >= 4 is 0 Å². The molecule has 0 saturated carbocycles. The SMILES string of the molecule is CC(C)NCCC=CN1C=CC#CC1. The molecule has 14 heavy (non-hydrogen) atoms. The van der Waals surface area contributed by atoms with Gasteiger partial charge in [-0.3, -0.25) is 0 Å². The van der Waals surface area contributed by atoms with Gasteiger partial charge in [0.25, 0.3) is 0 Å². The van der Waals surface area contributed by atoms with Gasteiger partial charge in [0.2, 0.25) is 0 Å². The van der Waals surface area contributed by atoms with Crippen molar-refractivity contribution in [1.82, 2.24) is 10.2 Å². The van der Waals surface area contributed by atoms with E-state index in [1.54, 1.807) is 0 Å². The first-order valence-corrected chi connectivity index (χ1v) is 5.10. The minimum atomic E-state index is 0.573. The van der Waals surface area contributed by atoms with Gasteiger partial charge in [-0.1, -0.05) is 31.8 Å². The Morgan fingerprint density at radius 1 is 1.57 bits per heavy atom. The third-order valence-electron chi connectivity index (χ3n) is 1.87. The van der Waals surface area contributed by atoms with Crippen LogP contribution in [-0.4, -0.2) is 24.0 Å². The van der Waals surface area contributed by atoms with Gasteiger partial charge >= 0.3 is 0 Å². The quantitative estimate of drug-likeness (QED) is 0.524. The van der Waals surface area contributed by atoms with Gasteiger partial charge in [0.1, 0.15) is 0 Å². The second kappa shape index (κ2) is 6.28. The fraction of sp³-hybridized carbons (Fsp3) is 0.500. The fourth-order valence-corrected chi connectivity index (χ4v) is 1.15. The standard InChI is InChI=1S/C12H18N2/c1-12(2)13-8-4-7-11-14-9-5-3-6-10-14/h5,7,9,11-13H,4,8,10H2,1-2H3. The van der Waals surface area contributed by atoms with E-state index in [4.69, 9.17) is 0 Å². The van der Waals surface area contributed by atoms with Crippen LogP contribution in [0.4, 0.5) is 0 Å². The van der Waals surface area contributed by atoms with Gasteiger partial charge in [0.15, 0.2) is 0 Å². The van der Waals surface area contributed by atoms with Crippen LogP contribution in [0.5, 0.6) is 0 Å². The largest absolute Gasteiger partial charge is 0.342 e. The van der Waals surface area contributed by atoms with Crippen molar-refractivity contribution < 1.29 is 0 Å². The lowest BCUT2D eigenvalue weighted by Gasteiger charge is -2.12. The molecule has 0 aromatic carbocycles. The maximum atomic E-state index is 3.37. The molecule has 0 aromatic heterocycles. The third kappa shape index (κ3) is 4.74. The van der Waals surface area contributed by atoms with E-state index in [0.29, 0.717) is 6.04 Å². The van der Waals surface area contributed by atoms with Crippen molar-refractivity contribution in [3.05, 3.63) is 24.6 Å². The summed E-state index contributed by atoms with van der Waals surface area (Å²) < 4.78 is 0. The molecule has 0 aromatic rings. The molecule has 0 unspecified atom stereocenters. The zero-order valence-corrected chi connectivity index (χ0v) is 8.96. The van der Waals surface area contributed by atoms with Crippen LogP contribution in [0.25, 0.3) is 0 Å². The minimum absolute atomic E-state index is 0.573. The highest BCUT2D eigenvalue weighted by atomic mass is 15.1. The first kappa shape index (κ1) is 10.9. The van der Waals surface area contributed by atoms with Crippen LogP contribution < -0.4 is 5.32 Å². The zero-order chi connectivity index (χ0) is 10.2. The highest BCUT2D eigenvalue weighted by Crippen LogP contribution is 1.95. The van der Waals surface area contributed by atoms with Crippen LogP contribution in [0, 0.1) is 11.8 Å². The van der Waals surface area contributed by atoms with E-state index in [0.717, 1.165) is 19.5 Å². The maximum absolute atomic E-state index is 3.37. The van der Waals surface area contributed by atoms with Crippen molar-refractivity contribution in [2.24, 2.45) is 0 Å². The van der Waals surface area contributed by atoms with Gasteiger partial charge in [-0.05, 0) is 13.0 Å². The molecule has 1 aliphatic rings. The van der Waals surface area contributed by atoms with Gasteiger partial charge in [-0.15, -0.1) is 0 Å². The molecule has 0 fully saturated rings. The molecular weight excluding hydrogens is 172 g/mol. The summed E-state index contributed by atoms with van der Waals surface area (Å²) in [5.41, 5.74) is 0. The summed E-state index contributed by atoms with van der Waals surface area (Å²) in [6.45, 7) is 6.17. The lowest BCUT2D eigenvalue weighted by atomic mass is 10.3. The van der Waals surface area contributed by atoms with Crippen LogP contribution in [0.2, 0.25) is 0 Å². The summed E-state index contributed by atoms with van der Waals surface area (Å²) in [5, 5.41) is 3.37. The topological polar surface area (TPSA) is 15.3 Å². The van der Waals surface area contributed by atoms with Crippen molar-refractivity contribution in [2.75, 3.05) is 13.1 Å². The first-order valence-electron chi connectivity index (χ1n) is 5.10. The third-order valence-corrected chi connectivity index (χ3v) is 1.87. The molecule has 0 atom stereocenters. The van der Waals surface area contributed by atoms with Gasteiger partial charge in [0, 0.05) is 24.5 Å². The van der Waals surface area contributed by atoms with E-state index in [-0.39, 0.29) is 0 Å². The molecule has 1 N–H and O–H groups in total. The molecule has 0 radical (unpaired) electrons. The van der Waals surface area contributed by atoms with Crippen LogP contribution in [-0.2, 0) is 0 Å². The zero-order valence-electron chi connectivity index (χ0n) is 8.96. The highest BCUT2D eigenvalue weighted by Gasteiger charge is 1.92. The normalized spacial score (nSPS) is 14.9. The Hall–Kier alpha value is -1.20. The molecule has 0 saturated heterocycles. The lowest BCUT2D eigenvalue weighted by molar-refractivity contribution is 0.562. The predicted octanol–water partition coefficient (Wildman–Crippen LogP) is 1.72. The molecule has 0 spiro atoms. The molecular formula is C12H18N2. The van der Waals surface area contributed by atoms with E-state index in [1.807, 2.05) is 12.3 Å². The average molecular weight is 190 g/mol. The summed E-state index contributed by atoms with van der Waals surface area (Å²) in [5.74, 6) is 5.93. The second-order valence-electron chi connectivity index (χ2n) is 3.59. The van der Waals surface area contributed by atoms with E-state index < -0.39 is 0 Å². The van der Waals surface area contributed by atoms with Crippen LogP contribution in [0.1, 0.15) is 20.3 Å². The van der Waals surface area contributed by atoms with E-state index in [1.165, 1.54) is 0 Å².